The molecule has 3 aliphatic heterocycles. The summed E-state index contributed by atoms with van der Waals surface area (Å²) in [6.07, 6.45) is -2.72. The zero-order valence-electron chi connectivity index (χ0n) is 20.8. The van der Waals surface area contributed by atoms with Gasteiger partial charge >= 0.3 is 18.0 Å². The van der Waals surface area contributed by atoms with E-state index >= 15 is 0 Å². The number of carbonyl (C=O) groups is 3. The van der Waals surface area contributed by atoms with E-state index in [4.69, 9.17) is 33.2 Å². The van der Waals surface area contributed by atoms with Gasteiger partial charge in [0.25, 0.3) is 0 Å². The van der Waals surface area contributed by atoms with Crippen LogP contribution in [0.15, 0.2) is 30.4 Å². The van der Waals surface area contributed by atoms with Crippen LogP contribution in [0.1, 0.15) is 26.7 Å². The van der Waals surface area contributed by atoms with Crippen molar-refractivity contribution in [2.24, 2.45) is 11.8 Å². The number of rotatable bonds is 4. The fourth-order valence-electron chi connectivity index (χ4n) is 4.16. The largest absolute Gasteiger partial charge is 0.454 e. The molecular formula is C25H31NO11. The molecule has 4 rings (SSSR count). The van der Waals surface area contributed by atoms with Crippen molar-refractivity contribution in [1.29, 1.82) is 0 Å². The van der Waals surface area contributed by atoms with Crippen molar-refractivity contribution in [3.05, 3.63) is 30.4 Å². The van der Waals surface area contributed by atoms with E-state index in [2.05, 4.69) is 5.32 Å². The topological polar surface area (TPSA) is 148 Å². The first-order valence-electron chi connectivity index (χ1n) is 12.0. The molecule has 0 spiro atoms. The summed E-state index contributed by atoms with van der Waals surface area (Å²) in [5, 5.41) is 12.6. The van der Waals surface area contributed by atoms with E-state index in [1.165, 1.54) is 7.11 Å². The molecule has 37 heavy (non-hydrogen) atoms. The highest BCUT2D eigenvalue weighted by Crippen LogP contribution is 2.35. The Morgan fingerprint density at radius 1 is 1.03 bits per heavy atom. The summed E-state index contributed by atoms with van der Waals surface area (Å²) in [7, 11) is 1.32. The number of hydrogen-bond acceptors (Lipinski definition) is 11. The fraction of sp³-hybridized carbons (Fsp3) is 0.560. The number of amides is 1. The third kappa shape index (κ3) is 6.14. The molecule has 3 aliphatic rings. The maximum atomic E-state index is 12.9. The van der Waals surface area contributed by atoms with Crippen LogP contribution in [0, 0.1) is 11.8 Å². The van der Waals surface area contributed by atoms with Crippen molar-refractivity contribution in [2.75, 3.05) is 25.8 Å². The number of aliphatic hydroxyl groups is 1. The van der Waals surface area contributed by atoms with Crippen molar-refractivity contribution < 1.29 is 52.6 Å². The number of esters is 2. The Morgan fingerprint density at radius 3 is 2.32 bits per heavy atom. The summed E-state index contributed by atoms with van der Waals surface area (Å²) < 4.78 is 38.7. The van der Waals surface area contributed by atoms with Crippen LogP contribution in [0.25, 0.3) is 0 Å². The van der Waals surface area contributed by atoms with E-state index in [0.29, 0.717) is 30.0 Å². The Morgan fingerprint density at radius 2 is 1.68 bits per heavy atom. The maximum absolute atomic E-state index is 12.9. The van der Waals surface area contributed by atoms with E-state index in [0.717, 1.165) is 0 Å². The number of benzene rings is 1. The number of carbonyl (C=O) groups excluding carboxylic acids is 3. The number of ether oxygens (including phenoxy) is 7. The predicted molar refractivity (Wildman–Crippen MR) is 126 cm³/mol. The molecule has 0 saturated carbocycles. The highest BCUT2D eigenvalue weighted by Gasteiger charge is 2.53. The number of aliphatic hydroxyl groups excluding tert-OH is 1. The van der Waals surface area contributed by atoms with Gasteiger partial charge in [0.05, 0.1) is 18.4 Å². The summed E-state index contributed by atoms with van der Waals surface area (Å²) in [6.45, 7) is 2.88. The third-order valence-electron chi connectivity index (χ3n) is 6.32. The number of nitrogens with one attached hydrogen (secondary N) is 1. The van der Waals surface area contributed by atoms with Crippen molar-refractivity contribution in [2.45, 2.75) is 57.4 Å². The SMILES string of the molecule is CO[C@H]1O[C@H](CO)[C@H](OC(=O)Nc2ccc3c(c2)OCO3)[C@@H]2OC(=O)[C@@H](C)CC=CC[C@H](C)C(=O)O[C@@H]12. The average molecular weight is 522 g/mol. The van der Waals surface area contributed by atoms with Gasteiger partial charge in [-0.3, -0.25) is 14.9 Å². The molecule has 1 saturated heterocycles. The first kappa shape index (κ1) is 26.7. The zero-order chi connectivity index (χ0) is 26.5. The minimum Gasteiger partial charge on any atom is -0.454 e. The molecule has 12 heteroatoms. The lowest BCUT2D eigenvalue weighted by atomic mass is 9.97. The van der Waals surface area contributed by atoms with Gasteiger partial charge in [0.2, 0.25) is 6.79 Å². The Kier molecular flexibility index (Phi) is 8.52. The molecule has 1 aromatic rings. The molecule has 3 heterocycles. The highest BCUT2D eigenvalue weighted by molar-refractivity contribution is 5.85. The van der Waals surface area contributed by atoms with E-state index in [1.54, 1.807) is 38.1 Å². The van der Waals surface area contributed by atoms with Gasteiger partial charge in [-0.2, -0.15) is 0 Å². The van der Waals surface area contributed by atoms with Crippen molar-refractivity contribution >= 4 is 23.7 Å². The molecule has 0 aromatic heterocycles. The van der Waals surface area contributed by atoms with E-state index in [-0.39, 0.29) is 6.79 Å². The third-order valence-corrected chi connectivity index (χ3v) is 6.32. The Balaban J connectivity index is 1.60. The standard InChI is InChI=1S/C25H31NO11/c1-13-6-4-5-7-14(2)23(29)36-21-20(35-22(13)28)19(18(11-27)34-24(21)31-3)37-25(30)26-15-8-9-16-17(10-15)33-12-32-16/h4-5,8-10,13-14,18-21,24,27H,6-7,11-12H2,1-3H3,(H,26,30)/t13-,14-,18+,19-,20-,21+,24-/m0/s1. The van der Waals surface area contributed by atoms with Crippen LogP contribution in [0.3, 0.4) is 0 Å². The lowest BCUT2D eigenvalue weighted by Gasteiger charge is -2.44. The van der Waals surface area contributed by atoms with E-state index in [1.807, 2.05) is 6.08 Å². The van der Waals surface area contributed by atoms with Crippen LogP contribution >= 0.6 is 0 Å². The zero-order valence-corrected chi connectivity index (χ0v) is 20.8. The van der Waals surface area contributed by atoms with Gasteiger partial charge in [0.15, 0.2) is 36.1 Å². The first-order valence-corrected chi connectivity index (χ1v) is 12.0. The molecule has 202 valence electrons. The van der Waals surface area contributed by atoms with Crippen LogP contribution in [0.2, 0.25) is 0 Å². The summed E-state index contributed by atoms with van der Waals surface area (Å²) in [5.74, 6) is -1.20. The minimum absolute atomic E-state index is 0.0709. The predicted octanol–water partition coefficient (Wildman–Crippen LogP) is 2.14. The molecule has 1 amide bonds. The molecule has 0 radical (unpaired) electrons. The number of fused-ring (bicyclic) bond motifs is 2. The van der Waals surface area contributed by atoms with Gasteiger partial charge in [0, 0.05) is 18.9 Å². The van der Waals surface area contributed by atoms with Gasteiger partial charge in [-0.25, -0.2) is 4.79 Å². The summed E-state index contributed by atoms with van der Waals surface area (Å²) >= 11 is 0. The molecule has 0 unspecified atom stereocenters. The van der Waals surface area contributed by atoms with Gasteiger partial charge in [-0.05, 0) is 25.0 Å². The second-order valence-electron chi connectivity index (χ2n) is 9.07. The van der Waals surface area contributed by atoms with E-state index < -0.39 is 67.2 Å². The second kappa shape index (κ2) is 11.8. The molecule has 0 bridgehead atoms. The smallest absolute Gasteiger partial charge is 0.412 e. The molecule has 0 aliphatic carbocycles. The van der Waals surface area contributed by atoms with Crippen LogP contribution in [0.4, 0.5) is 10.5 Å². The molecule has 12 nitrogen and oxygen atoms in total. The average Bonchev–Trinajstić information content (AvgIpc) is 3.35. The Hall–Kier alpha value is -3.35. The van der Waals surface area contributed by atoms with Crippen LogP contribution in [-0.4, -0.2) is 74.4 Å². The highest BCUT2D eigenvalue weighted by atomic mass is 16.7. The number of hydrogen-bond donors (Lipinski definition) is 2. The molecule has 1 aromatic carbocycles. The van der Waals surface area contributed by atoms with Crippen LogP contribution < -0.4 is 14.8 Å². The lowest BCUT2D eigenvalue weighted by molar-refractivity contribution is -0.300. The maximum Gasteiger partial charge on any atom is 0.412 e. The summed E-state index contributed by atoms with van der Waals surface area (Å²) in [6, 6.07) is 4.78. The Bertz CT molecular complexity index is 1030. The Labute approximate surface area is 213 Å². The number of anilines is 1. The summed E-state index contributed by atoms with van der Waals surface area (Å²) in [5.41, 5.74) is 0.356. The lowest BCUT2D eigenvalue weighted by Crippen LogP contribution is -2.63. The fourth-order valence-corrected chi connectivity index (χ4v) is 4.16. The number of methoxy groups -OCH3 is 1. The van der Waals surface area contributed by atoms with Crippen LogP contribution in [0.5, 0.6) is 11.5 Å². The second-order valence-corrected chi connectivity index (χ2v) is 9.07. The molecule has 7 atom stereocenters. The van der Waals surface area contributed by atoms with Crippen molar-refractivity contribution in [1.82, 2.24) is 0 Å². The van der Waals surface area contributed by atoms with Gasteiger partial charge in [0.1, 0.15) is 6.10 Å². The number of allylic oxidation sites excluding steroid dienone is 2. The summed E-state index contributed by atoms with van der Waals surface area (Å²) in [4.78, 5) is 38.6. The van der Waals surface area contributed by atoms with Crippen LogP contribution in [-0.2, 0) is 33.3 Å². The quantitative estimate of drug-likeness (QED) is 0.341. The normalized spacial score (nSPS) is 31.7. The molecule has 1 fully saturated rings. The van der Waals surface area contributed by atoms with E-state index in [9.17, 15) is 19.5 Å². The molecular weight excluding hydrogens is 490 g/mol. The van der Waals surface area contributed by atoms with Gasteiger partial charge < -0.3 is 38.3 Å². The van der Waals surface area contributed by atoms with Gasteiger partial charge in [-0.1, -0.05) is 26.0 Å². The molecule has 2 N–H and O–H groups in total. The van der Waals surface area contributed by atoms with Crippen molar-refractivity contribution in [3.63, 3.8) is 0 Å². The minimum atomic E-state index is -1.33. The van der Waals surface area contributed by atoms with Gasteiger partial charge in [-0.15, -0.1) is 0 Å². The monoisotopic (exact) mass is 521 g/mol. The van der Waals surface area contributed by atoms with Crippen molar-refractivity contribution in [3.8, 4) is 11.5 Å². The first-order chi connectivity index (χ1) is 17.8.